The lowest BCUT2D eigenvalue weighted by Gasteiger charge is -2.11. The van der Waals surface area contributed by atoms with Gasteiger partial charge in [0.05, 0.1) is 16.8 Å². The van der Waals surface area contributed by atoms with Crippen molar-refractivity contribution in [2.45, 2.75) is 30.2 Å². The molecule has 0 bridgehead atoms. The van der Waals surface area contributed by atoms with Crippen LogP contribution in [0.25, 0.3) is 21.8 Å². The minimum Gasteiger partial charge on any atom is -0.383 e. The molecule has 6 nitrogen and oxygen atoms in total. The van der Waals surface area contributed by atoms with E-state index in [1.165, 1.54) is 6.20 Å². The van der Waals surface area contributed by atoms with Crippen LogP contribution in [0.3, 0.4) is 0 Å². The first kappa shape index (κ1) is 18.8. The molecule has 0 saturated heterocycles. The number of benzene rings is 2. The second-order valence-corrected chi connectivity index (χ2v) is 9.51. The predicted molar refractivity (Wildman–Crippen MR) is 112 cm³/mol. The van der Waals surface area contributed by atoms with E-state index in [1.807, 2.05) is 53.1 Å². The summed E-state index contributed by atoms with van der Waals surface area (Å²) >= 11 is 1.11. The molecule has 2 heterocycles. The number of aliphatic hydroxyl groups is 1. The third kappa shape index (κ3) is 3.46. The summed E-state index contributed by atoms with van der Waals surface area (Å²) in [5.74, 6) is -0.467. The van der Waals surface area contributed by atoms with Gasteiger partial charge in [-0.2, -0.15) is 4.36 Å². The molecule has 1 N–H and O–H groups in total. The van der Waals surface area contributed by atoms with Gasteiger partial charge >= 0.3 is 0 Å². The first-order valence-electron chi connectivity index (χ1n) is 8.71. The third-order valence-electron chi connectivity index (χ3n) is 4.38. The second-order valence-electron chi connectivity index (χ2n) is 6.95. The van der Waals surface area contributed by atoms with Crippen molar-refractivity contribution in [3.8, 4) is 0 Å². The number of fused-ring (bicyclic) bond motifs is 3. The fraction of sp³-hybridized carbons (Fsp3) is 0.200. The summed E-state index contributed by atoms with van der Waals surface area (Å²) in [6.07, 6.45) is 1.41. The fourth-order valence-corrected chi connectivity index (χ4v) is 5.00. The highest BCUT2D eigenvalue weighted by Crippen LogP contribution is 2.29. The summed E-state index contributed by atoms with van der Waals surface area (Å²) in [6.45, 7) is 3.22. The highest BCUT2D eigenvalue weighted by atomic mass is 32.2. The zero-order valence-electron chi connectivity index (χ0n) is 15.4. The van der Waals surface area contributed by atoms with E-state index in [-0.39, 0.29) is 6.54 Å². The second kappa shape index (κ2) is 7.12. The molecular weight excluding hydrogens is 394 g/mol. The van der Waals surface area contributed by atoms with Gasteiger partial charge in [0, 0.05) is 21.8 Å². The molecule has 0 aliphatic rings. The highest BCUT2D eigenvalue weighted by Gasteiger charge is 2.21. The van der Waals surface area contributed by atoms with Crippen LogP contribution in [0, 0.1) is 0 Å². The number of hydrogen-bond acceptors (Lipinski definition) is 5. The summed E-state index contributed by atoms with van der Waals surface area (Å²) in [4.78, 5) is 16.6. The van der Waals surface area contributed by atoms with Crippen LogP contribution < -0.4 is 0 Å². The maximum absolute atomic E-state index is 12.5. The molecule has 28 heavy (non-hydrogen) atoms. The molecule has 1 unspecified atom stereocenters. The number of hydrogen-bond donors (Lipinski definition) is 2. The summed E-state index contributed by atoms with van der Waals surface area (Å²) in [5.41, 5.74) is 0.751. The quantitative estimate of drug-likeness (QED) is 0.499. The fourth-order valence-electron chi connectivity index (χ4n) is 3.13. The zero-order chi connectivity index (χ0) is 19.9. The molecule has 0 fully saturated rings. The maximum atomic E-state index is 12.5. The van der Waals surface area contributed by atoms with Crippen molar-refractivity contribution < 1.29 is 14.1 Å². The summed E-state index contributed by atoms with van der Waals surface area (Å²) in [5, 5.41) is 12.6. The van der Waals surface area contributed by atoms with E-state index in [0.717, 1.165) is 33.1 Å². The van der Waals surface area contributed by atoms with E-state index < -0.39 is 22.1 Å². The molecule has 0 spiro atoms. The van der Waals surface area contributed by atoms with Crippen LogP contribution in [0.1, 0.15) is 18.9 Å². The van der Waals surface area contributed by atoms with Gasteiger partial charge in [0.25, 0.3) is 5.91 Å². The van der Waals surface area contributed by atoms with Crippen molar-refractivity contribution >= 4 is 49.6 Å². The minimum atomic E-state index is -2.25. The molecule has 2 aromatic heterocycles. The molecule has 0 aliphatic heterocycles. The Morgan fingerprint density at radius 1 is 1.14 bits per heavy atom. The van der Waals surface area contributed by atoms with Crippen LogP contribution in [0.15, 0.2) is 63.3 Å². The molecule has 8 heteroatoms. The van der Waals surface area contributed by atoms with Gasteiger partial charge in [-0.3, -0.25) is 4.79 Å². The van der Waals surface area contributed by atoms with E-state index in [2.05, 4.69) is 9.35 Å². The van der Waals surface area contributed by atoms with Crippen LogP contribution in [0.4, 0.5) is 0 Å². The Bertz CT molecular complexity index is 1220. The first-order valence-corrected chi connectivity index (χ1v) is 10.7. The van der Waals surface area contributed by atoms with Gasteiger partial charge < -0.3 is 9.67 Å². The van der Waals surface area contributed by atoms with Crippen molar-refractivity contribution in [1.29, 1.82) is 0 Å². The molecule has 1 amide bonds. The van der Waals surface area contributed by atoms with Crippen LogP contribution in [0.5, 0.6) is 0 Å². The lowest BCUT2D eigenvalue weighted by Crippen LogP contribution is -2.14. The number of carbonyl (C=O) groups excluding carboxylic acids is 1. The molecular formula is C20H19N3O3S2. The SMILES string of the molecule is CC(C)(O)c1ncc([SH](=O)=NC(=O)Cn2c3ccccc3c3ccccc32)s1. The number of rotatable bonds is 4. The molecule has 2 aromatic carbocycles. The molecule has 0 saturated carbocycles. The van der Waals surface area contributed by atoms with Gasteiger partial charge in [-0.25, -0.2) is 9.19 Å². The van der Waals surface area contributed by atoms with Crippen molar-refractivity contribution in [3.63, 3.8) is 0 Å². The Labute approximate surface area is 167 Å². The minimum absolute atomic E-state index is 0.00620. The van der Waals surface area contributed by atoms with E-state index >= 15 is 0 Å². The number of aromatic nitrogens is 2. The van der Waals surface area contributed by atoms with Crippen molar-refractivity contribution in [2.75, 3.05) is 0 Å². The summed E-state index contributed by atoms with van der Waals surface area (Å²) in [6, 6.07) is 15.7. The van der Waals surface area contributed by atoms with Gasteiger partial charge in [0.15, 0.2) is 0 Å². The van der Waals surface area contributed by atoms with Crippen LogP contribution >= 0.6 is 11.3 Å². The van der Waals surface area contributed by atoms with E-state index in [9.17, 15) is 14.1 Å². The molecule has 4 aromatic rings. The smallest absolute Gasteiger partial charge is 0.273 e. The zero-order valence-corrected chi connectivity index (χ0v) is 17.1. The van der Waals surface area contributed by atoms with Gasteiger partial charge in [-0.05, 0) is 26.0 Å². The molecule has 0 radical (unpaired) electrons. The van der Waals surface area contributed by atoms with Crippen LogP contribution in [-0.4, -0.2) is 24.8 Å². The van der Waals surface area contributed by atoms with Crippen LogP contribution in [0.2, 0.25) is 0 Å². The van der Waals surface area contributed by atoms with Crippen LogP contribution in [-0.2, 0) is 27.5 Å². The Morgan fingerprint density at radius 2 is 1.71 bits per heavy atom. The van der Waals surface area contributed by atoms with E-state index in [1.54, 1.807) is 13.8 Å². The van der Waals surface area contributed by atoms with E-state index in [4.69, 9.17) is 0 Å². The summed E-state index contributed by atoms with van der Waals surface area (Å²) < 4.78 is 18.6. The lowest BCUT2D eigenvalue weighted by molar-refractivity contribution is -0.118. The van der Waals surface area contributed by atoms with Crippen molar-refractivity contribution in [1.82, 2.24) is 9.55 Å². The van der Waals surface area contributed by atoms with Gasteiger partial charge in [0.2, 0.25) is 0 Å². The number of nitrogens with zero attached hydrogens (tertiary/aromatic N) is 3. The first-order chi connectivity index (χ1) is 13.3. The van der Waals surface area contributed by atoms with Gasteiger partial charge in [-0.15, -0.1) is 11.3 Å². The monoisotopic (exact) mass is 413 g/mol. The molecule has 4 rings (SSSR count). The number of para-hydroxylation sites is 2. The Balaban J connectivity index is 1.68. The largest absolute Gasteiger partial charge is 0.383 e. The highest BCUT2D eigenvalue weighted by molar-refractivity contribution is 7.78. The average Bonchev–Trinajstić information content (AvgIpc) is 3.27. The standard InChI is InChI=1S/C20H19N3O3S2/c1-20(2,25)19-21-11-18(27-19)28(26)22-17(24)12-23-15-9-5-3-7-13(15)14-8-4-6-10-16(14)23/h3-11,25,28H,12H2,1-2H3. The third-order valence-corrected chi connectivity index (χ3v) is 7.13. The maximum Gasteiger partial charge on any atom is 0.273 e. The number of carbonyl (C=O) groups is 1. The lowest BCUT2D eigenvalue weighted by atomic mass is 10.2. The Hall–Kier alpha value is -2.55. The van der Waals surface area contributed by atoms with E-state index in [0.29, 0.717) is 9.22 Å². The average molecular weight is 414 g/mol. The molecule has 1 atom stereocenters. The number of thiol groups is 1. The topological polar surface area (TPSA) is 84.6 Å². The summed E-state index contributed by atoms with van der Waals surface area (Å²) in [7, 11) is -2.25. The number of amides is 1. The normalized spacial score (nSPS) is 13.4. The van der Waals surface area contributed by atoms with Crippen molar-refractivity contribution in [2.24, 2.45) is 4.36 Å². The number of thiazole rings is 1. The van der Waals surface area contributed by atoms with Crippen molar-refractivity contribution in [3.05, 3.63) is 59.7 Å². The Morgan fingerprint density at radius 3 is 2.25 bits per heavy atom. The Kier molecular flexibility index (Phi) is 4.78. The predicted octanol–water partition coefficient (Wildman–Crippen LogP) is 3.73. The molecule has 0 aliphatic carbocycles. The molecule has 144 valence electrons. The van der Waals surface area contributed by atoms with Gasteiger partial charge in [0.1, 0.15) is 21.4 Å². The van der Waals surface area contributed by atoms with Gasteiger partial charge in [-0.1, -0.05) is 36.4 Å².